The SMILES string of the molecule is O=C(COc1ccccc1F)N1C[C@H]2CNC[C@H]2C1. The van der Waals surface area contributed by atoms with Crippen molar-refractivity contribution in [3.8, 4) is 5.75 Å². The molecule has 5 heteroatoms. The van der Waals surface area contributed by atoms with E-state index < -0.39 is 5.82 Å². The van der Waals surface area contributed by atoms with E-state index in [0.29, 0.717) is 11.8 Å². The first kappa shape index (κ1) is 12.4. The summed E-state index contributed by atoms with van der Waals surface area (Å²) in [6.45, 7) is 3.47. The van der Waals surface area contributed by atoms with Crippen LogP contribution in [0.25, 0.3) is 0 Å². The predicted molar refractivity (Wildman–Crippen MR) is 68.3 cm³/mol. The van der Waals surface area contributed by atoms with Gasteiger partial charge in [0.05, 0.1) is 0 Å². The summed E-state index contributed by atoms with van der Waals surface area (Å²) in [5.41, 5.74) is 0. The summed E-state index contributed by atoms with van der Waals surface area (Å²) in [5, 5.41) is 3.33. The molecule has 0 unspecified atom stereocenters. The van der Waals surface area contributed by atoms with E-state index in [-0.39, 0.29) is 18.3 Å². The van der Waals surface area contributed by atoms with Gasteiger partial charge in [-0.15, -0.1) is 0 Å². The summed E-state index contributed by atoms with van der Waals surface area (Å²) in [5.74, 6) is 0.780. The largest absolute Gasteiger partial charge is 0.481 e. The Labute approximate surface area is 111 Å². The number of para-hydroxylation sites is 1. The van der Waals surface area contributed by atoms with E-state index in [4.69, 9.17) is 4.74 Å². The molecule has 0 aromatic heterocycles. The van der Waals surface area contributed by atoms with Crippen molar-refractivity contribution in [2.24, 2.45) is 11.8 Å². The van der Waals surface area contributed by atoms with Crippen LogP contribution >= 0.6 is 0 Å². The molecule has 2 aliphatic rings. The molecule has 4 nitrogen and oxygen atoms in total. The van der Waals surface area contributed by atoms with Gasteiger partial charge in [0.25, 0.3) is 5.91 Å². The molecule has 102 valence electrons. The van der Waals surface area contributed by atoms with Crippen LogP contribution in [0.5, 0.6) is 5.75 Å². The molecule has 0 bridgehead atoms. The van der Waals surface area contributed by atoms with Gasteiger partial charge in [-0.1, -0.05) is 12.1 Å². The van der Waals surface area contributed by atoms with Crippen molar-refractivity contribution in [1.29, 1.82) is 0 Å². The van der Waals surface area contributed by atoms with E-state index in [2.05, 4.69) is 5.32 Å². The lowest BCUT2D eigenvalue weighted by atomic mass is 10.0. The Morgan fingerprint density at radius 2 is 2.00 bits per heavy atom. The minimum Gasteiger partial charge on any atom is -0.481 e. The van der Waals surface area contributed by atoms with Gasteiger partial charge >= 0.3 is 0 Å². The van der Waals surface area contributed by atoms with Gasteiger partial charge < -0.3 is 15.0 Å². The summed E-state index contributed by atoms with van der Waals surface area (Å²) in [4.78, 5) is 13.8. The highest BCUT2D eigenvalue weighted by Crippen LogP contribution is 2.26. The van der Waals surface area contributed by atoms with E-state index in [1.807, 2.05) is 4.90 Å². The van der Waals surface area contributed by atoms with Gasteiger partial charge in [0.2, 0.25) is 0 Å². The maximum atomic E-state index is 13.3. The van der Waals surface area contributed by atoms with E-state index in [1.165, 1.54) is 12.1 Å². The number of rotatable bonds is 3. The highest BCUT2D eigenvalue weighted by Gasteiger charge is 2.37. The molecule has 1 amide bonds. The van der Waals surface area contributed by atoms with E-state index in [1.54, 1.807) is 12.1 Å². The van der Waals surface area contributed by atoms with Crippen LogP contribution in [0.1, 0.15) is 0 Å². The van der Waals surface area contributed by atoms with Gasteiger partial charge in [-0.05, 0) is 24.0 Å². The average Bonchev–Trinajstić information content (AvgIpc) is 2.98. The Morgan fingerprint density at radius 1 is 1.32 bits per heavy atom. The number of carbonyl (C=O) groups excluding carboxylic acids is 1. The number of nitrogens with one attached hydrogen (secondary N) is 1. The number of fused-ring (bicyclic) bond motifs is 1. The van der Waals surface area contributed by atoms with Gasteiger partial charge in [-0.3, -0.25) is 4.79 Å². The van der Waals surface area contributed by atoms with Crippen molar-refractivity contribution < 1.29 is 13.9 Å². The molecular weight excluding hydrogens is 247 g/mol. The number of nitrogens with zero attached hydrogens (tertiary/aromatic N) is 1. The lowest BCUT2D eigenvalue weighted by Crippen LogP contribution is -2.35. The standard InChI is InChI=1S/C14H17FN2O2/c15-12-3-1-2-4-13(12)19-9-14(18)17-7-10-5-16-6-11(10)8-17/h1-4,10-11,16H,5-9H2/t10-,11+. The third-order valence-electron chi connectivity index (χ3n) is 3.93. The molecule has 0 saturated carbocycles. The fourth-order valence-corrected chi connectivity index (χ4v) is 2.85. The third-order valence-corrected chi connectivity index (χ3v) is 3.93. The monoisotopic (exact) mass is 264 g/mol. The van der Waals surface area contributed by atoms with Crippen molar-refractivity contribution >= 4 is 5.91 Å². The molecular formula is C14H17FN2O2. The summed E-state index contributed by atoms with van der Waals surface area (Å²) in [6.07, 6.45) is 0. The Morgan fingerprint density at radius 3 is 2.68 bits per heavy atom. The second-order valence-corrected chi connectivity index (χ2v) is 5.20. The molecule has 3 rings (SSSR count). The molecule has 1 aromatic carbocycles. The number of hydrogen-bond acceptors (Lipinski definition) is 3. The normalized spacial score (nSPS) is 25.4. The number of ether oxygens (including phenoxy) is 1. The first-order valence-electron chi connectivity index (χ1n) is 6.60. The number of halogens is 1. The van der Waals surface area contributed by atoms with E-state index in [9.17, 15) is 9.18 Å². The molecule has 2 saturated heterocycles. The van der Waals surface area contributed by atoms with Crippen molar-refractivity contribution in [2.75, 3.05) is 32.8 Å². The van der Waals surface area contributed by atoms with Gasteiger partial charge in [0, 0.05) is 26.2 Å². The lowest BCUT2D eigenvalue weighted by Gasteiger charge is -2.17. The summed E-state index contributed by atoms with van der Waals surface area (Å²) < 4.78 is 18.6. The minimum absolute atomic E-state index is 0.0577. The van der Waals surface area contributed by atoms with Crippen molar-refractivity contribution in [3.05, 3.63) is 30.1 Å². The van der Waals surface area contributed by atoms with Crippen LogP contribution in [-0.4, -0.2) is 43.6 Å². The fraction of sp³-hybridized carbons (Fsp3) is 0.500. The molecule has 0 radical (unpaired) electrons. The number of likely N-dealkylation sites (tertiary alicyclic amines) is 1. The molecule has 2 aliphatic heterocycles. The van der Waals surface area contributed by atoms with E-state index in [0.717, 1.165) is 26.2 Å². The smallest absolute Gasteiger partial charge is 0.260 e. The number of carbonyl (C=O) groups is 1. The lowest BCUT2D eigenvalue weighted by molar-refractivity contribution is -0.132. The quantitative estimate of drug-likeness (QED) is 0.881. The van der Waals surface area contributed by atoms with Gasteiger partial charge in [0.15, 0.2) is 18.2 Å². The van der Waals surface area contributed by atoms with Crippen molar-refractivity contribution in [1.82, 2.24) is 10.2 Å². The first-order valence-corrected chi connectivity index (χ1v) is 6.60. The molecule has 0 aliphatic carbocycles. The second-order valence-electron chi connectivity index (χ2n) is 5.20. The van der Waals surface area contributed by atoms with Crippen LogP contribution in [0.2, 0.25) is 0 Å². The number of hydrogen-bond donors (Lipinski definition) is 1. The first-order chi connectivity index (χ1) is 9.24. The second kappa shape index (κ2) is 5.17. The summed E-state index contributed by atoms with van der Waals surface area (Å²) >= 11 is 0. The highest BCUT2D eigenvalue weighted by molar-refractivity contribution is 5.78. The predicted octanol–water partition coefficient (Wildman–Crippen LogP) is 0.882. The van der Waals surface area contributed by atoms with Crippen LogP contribution in [-0.2, 0) is 4.79 Å². The van der Waals surface area contributed by atoms with Crippen LogP contribution < -0.4 is 10.1 Å². The topological polar surface area (TPSA) is 41.6 Å². The van der Waals surface area contributed by atoms with Crippen LogP contribution in [0.4, 0.5) is 4.39 Å². The molecule has 19 heavy (non-hydrogen) atoms. The Balaban J connectivity index is 1.54. The molecule has 2 fully saturated rings. The number of amides is 1. The maximum Gasteiger partial charge on any atom is 0.260 e. The molecule has 2 atom stereocenters. The summed E-state index contributed by atoms with van der Waals surface area (Å²) in [6, 6.07) is 6.14. The summed E-state index contributed by atoms with van der Waals surface area (Å²) in [7, 11) is 0. The minimum atomic E-state index is -0.433. The Hall–Kier alpha value is -1.62. The van der Waals surface area contributed by atoms with Crippen LogP contribution in [0.3, 0.4) is 0 Å². The Bertz CT molecular complexity index is 468. The van der Waals surface area contributed by atoms with Crippen molar-refractivity contribution in [3.63, 3.8) is 0 Å². The fourth-order valence-electron chi connectivity index (χ4n) is 2.85. The molecule has 1 aromatic rings. The molecule has 1 N–H and O–H groups in total. The molecule has 0 spiro atoms. The maximum absolute atomic E-state index is 13.3. The zero-order valence-electron chi connectivity index (χ0n) is 10.6. The molecule has 2 heterocycles. The van der Waals surface area contributed by atoms with Crippen LogP contribution in [0.15, 0.2) is 24.3 Å². The van der Waals surface area contributed by atoms with Crippen molar-refractivity contribution in [2.45, 2.75) is 0 Å². The Kier molecular flexibility index (Phi) is 3.38. The van der Waals surface area contributed by atoms with E-state index >= 15 is 0 Å². The highest BCUT2D eigenvalue weighted by atomic mass is 19.1. The van der Waals surface area contributed by atoms with Gasteiger partial charge in [-0.25, -0.2) is 4.39 Å². The number of benzene rings is 1. The zero-order chi connectivity index (χ0) is 13.2. The van der Waals surface area contributed by atoms with Gasteiger partial charge in [0.1, 0.15) is 0 Å². The van der Waals surface area contributed by atoms with Crippen LogP contribution in [0, 0.1) is 17.7 Å². The average molecular weight is 264 g/mol. The third kappa shape index (κ3) is 2.56. The van der Waals surface area contributed by atoms with Gasteiger partial charge in [-0.2, -0.15) is 0 Å². The zero-order valence-corrected chi connectivity index (χ0v) is 10.6.